The Morgan fingerprint density at radius 2 is 1.50 bits per heavy atom. The van der Waals surface area contributed by atoms with E-state index in [1.165, 1.54) is 16.8 Å². The van der Waals surface area contributed by atoms with Crippen LogP contribution in [0.3, 0.4) is 0 Å². The minimum atomic E-state index is -0.286. The molecule has 1 fully saturated rings. The predicted octanol–water partition coefficient (Wildman–Crippen LogP) is 0.746. The molecule has 1 heterocycles. The molecule has 0 bridgehead atoms. The van der Waals surface area contributed by atoms with Gasteiger partial charge in [-0.05, 0) is 13.8 Å². The van der Waals surface area contributed by atoms with Gasteiger partial charge in [-0.3, -0.25) is 4.90 Å². The number of amides is 4. The SMILES string of the molecule is CC(C)N1CCN(C(=O)N(C)C(=O)N(C)C)CC1. The van der Waals surface area contributed by atoms with E-state index in [4.69, 9.17) is 0 Å². The third-order valence-electron chi connectivity index (χ3n) is 3.27. The minimum absolute atomic E-state index is 0.211. The monoisotopic (exact) mass is 256 g/mol. The van der Waals surface area contributed by atoms with Crippen molar-refractivity contribution in [3.8, 4) is 0 Å². The van der Waals surface area contributed by atoms with Crippen molar-refractivity contribution in [2.24, 2.45) is 0 Å². The number of nitrogens with zero attached hydrogens (tertiary/aromatic N) is 4. The van der Waals surface area contributed by atoms with Gasteiger partial charge in [0, 0.05) is 53.4 Å². The molecule has 0 N–H and O–H groups in total. The second kappa shape index (κ2) is 6.04. The summed E-state index contributed by atoms with van der Waals surface area (Å²) in [6.07, 6.45) is 0. The molecule has 1 saturated heterocycles. The summed E-state index contributed by atoms with van der Waals surface area (Å²) in [5.41, 5.74) is 0. The Hall–Kier alpha value is -1.30. The molecule has 1 rings (SSSR count). The first-order valence-corrected chi connectivity index (χ1v) is 6.32. The lowest BCUT2D eigenvalue weighted by atomic mass is 10.2. The zero-order chi connectivity index (χ0) is 13.9. The summed E-state index contributed by atoms with van der Waals surface area (Å²) in [6, 6.07) is 0.00628. The highest BCUT2D eigenvalue weighted by Crippen LogP contribution is 2.08. The van der Waals surface area contributed by atoms with Crippen LogP contribution in [0.5, 0.6) is 0 Å². The van der Waals surface area contributed by atoms with Crippen molar-refractivity contribution in [1.82, 2.24) is 19.6 Å². The fourth-order valence-electron chi connectivity index (χ4n) is 2.02. The average Bonchev–Trinajstić information content (AvgIpc) is 2.36. The molecular formula is C12H24N4O2. The molecule has 1 aliphatic heterocycles. The summed E-state index contributed by atoms with van der Waals surface area (Å²) < 4.78 is 0. The van der Waals surface area contributed by atoms with Crippen molar-refractivity contribution < 1.29 is 9.59 Å². The van der Waals surface area contributed by atoms with Crippen LogP contribution in [0.4, 0.5) is 9.59 Å². The van der Waals surface area contributed by atoms with Gasteiger partial charge in [0.25, 0.3) is 0 Å². The average molecular weight is 256 g/mol. The first-order chi connectivity index (χ1) is 8.34. The third kappa shape index (κ3) is 3.35. The van der Waals surface area contributed by atoms with Crippen LogP contribution in [0.1, 0.15) is 13.8 Å². The fourth-order valence-corrected chi connectivity index (χ4v) is 2.02. The van der Waals surface area contributed by atoms with E-state index < -0.39 is 0 Å². The van der Waals surface area contributed by atoms with Crippen molar-refractivity contribution in [3.05, 3.63) is 0 Å². The molecular weight excluding hydrogens is 232 g/mol. The highest BCUT2D eigenvalue weighted by atomic mass is 16.2. The van der Waals surface area contributed by atoms with Crippen LogP contribution in [0, 0.1) is 0 Å². The van der Waals surface area contributed by atoms with Crippen LogP contribution >= 0.6 is 0 Å². The van der Waals surface area contributed by atoms with Gasteiger partial charge in [-0.15, -0.1) is 0 Å². The molecule has 104 valence electrons. The molecule has 0 unspecified atom stereocenters. The van der Waals surface area contributed by atoms with E-state index in [0.29, 0.717) is 19.1 Å². The van der Waals surface area contributed by atoms with Crippen LogP contribution in [-0.4, -0.2) is 85.0 Å². The number of hydrogen-bond donors (Lipinski definition) is 0. The second-order valence-corrected chi connectivity index (χ2v) is 5.14. The highest BCUT2D eigenvalue weighted by molar-refractivity contribution is 5.93. The Kier molecular flexibility index (Phi) is 4.95. The zero-order valence-corrected chi connectivity index (χ0v) is 12.0. The van der Waals surface area contributed by atoms with Crippen molar-refractivity contribution in [1.29, 1.82) is 0 Å². The van der Waals surface area contributed by atoms with Crippen molar-refractivity contribution in [2.75, 3.05) is 47.3 Å². The van der Waals surface area contributed by atoms with Crippen molar-refractivity contribution >= 4 is 12.1 Å². The molecule has 18 heavy (non-hydrogen) atoms. The molecule has 0 radical (unpaired) electrons. The summed E-state index contributed by atoms with van der Waals surface area (Å²) in [5.74, 6) is 0. The summed E-state index contributed by atoms with van der Waals surface area (Å²) in [4.78, 5) is 30.4. The molecule has 0 aromatic carbocycles. The first kappa shape index (κ1) is 14.8. The Morgan fingerprint density at radius 3 is 1.89 bits per heavy atom. The largest absolute Gasteiger partial charge is 0.330 e. The maximum absolute atomic E-state index is 12.1. The van der Waals surface area contributed by atoms with E-state index in [9.17, 15) is 9.59 Å². The topological polar surface area (TPSA) is 47.1 Å². The van der Waals surface area contributed by atoms with Crippen LogP contribution < -0.4 is 0 Å². The van der Waals surface area contributed by atoms with E-state index in [2.05, 4.69) is 18.7 Å². The number of urea groups is 2. The standard InChI is InChI=1S/C12H24N4O2/c1-10(2)15-6-8-16(9-7-15)12(18)14(5)11(17)13(3)4/h10H,6-9H2,1-5H3. The number of carbonyl (C=O) groups excluding carboxylic acids is 2. The van der Waals surface area contributed by atoms with Gasteiger partial charge in [0.2, 0.25) is 0 Å². The molecule has 0 atom stereocenters. The molecule has 0 spiro atoms. The van der Waals surface area contributed by atoms with E-state index in [0.717, 1.165) is 13.1 Å². The van der Waals surface area contributed by atoms with E-state index >= 15 is 0 Å². The Bertz CT molecular complexity index is 309. The Balaban J connectivity index is 2.52. The number of rotatable bonds is 1. The molecule has 0 saturated carbocycles. The van der Waals surface area contributed by atoms with Gasteiger partial charge < -0.3 is 9.80 Å². The van der Waals surface area contributed by atoms with E-state index in [1.54, 1.807) is 19.0 Å². The summed E-state index contributed by atoms with van der Waals surface area (Å²) >= 11 is 0. The lowest BCUT2D eigenvalue weighted by Gasteiger charge is -2.38. The van der Waals surface area contributed by atoms with Gasteiger partial charge in [-0.2, -0.15) is 0 Å². The van der Waals surface area contributed by atoms with Crippen LogP contribution in [-0.2, 0) is 0 Å². The summed E-state index contributed by atoms with van der Waals surface area (Å²) in [6.45, 7) is 7.41. The fraction of sp³-hybridized carbons (Fsp3) is 0.833. The maximum Gasteiger partial charge on any atom is 0.327 e. The maximum atomic E-state index is 12.1. The van der Waals surface area contributed by atoms with Gasteiger partial charge in [0.05, 0.1) is 0 Å². The minimum Gasteiger partial charge on any atom is -0.330 e. The van der Waals surface area contributed by atoms with Crippen LogP contribution in [0.2, 0.25) is 0 Å². The molecule has 6 heteroatoms. The molecule has 4 amide bonds. The smallest absolute Gasteiger partial charge is 0.327 e. The van der Waals surface area contributed by atoms with Gasteiger partial charge in [-0.25, -0.2) is 14.5 Å². The van der Waals surface area contributed by atoms with Gasteiger partial charge in [-0.1, -0.05) is 0 Å². The second-order valence-electron chi connectivity index (χ2n) is 5.14. The predicted molar refractivity (Wildman–Crippen MR) is 70.5 cm³/mol. The van der Waals surface area contributed by atoms with Crippen molar-refractivity contribution in [2.45, 2.75) is 19.9 Å². The zero-order valence-electron chi connectivity index (χ0n) is 12.0. The highest BCUT2D eigenvalue weighted by Gasteiger charge is 2.27. The van der Waals surface area contributed by atoms with E-state index in [1.807, 2.05) is 0 Å². The molecule has 0 aliphatic carbocycles. The number of imide groups is 1. The molecule has 6 nitrogen and oxygen atoms in total. The summed E-state index contributed by atoms with van der Waals surface area (Å²) in [5, 5.41) is 0. The number of hydrogen-bond acceptors (Lipinski definition) is 3. The van der Waals surface area contributed by atoms with Crippen LogP contribution in [0.15, 0.2) is 0 Å². The van der Waals surface area contributed by atoms with Crippen LogP contribution in [0.25, 0.3) is 0 Å². The normalized spacial score (nSPS) is 16.9. The molecule has 1 aliphatic rings. The lowest BCUT2D eigenvalue weighted by Crippen LogP contribution is -2.55. The van der Waals surface area contributed by atoms with Gasteiger partial charge in [0.15, 0.2) is 0 Å². The van der Waals surface area contributed by atoms with Gasteiger partial charge in [0.1, 0.15) is 0 Å². The molecule has 0 aromatic rings. The summed E-state index contributed by atoms with van der Waals surface area (Å²) in [7, 11) is 4.81. The molecule has 0 aromatic heterocycles. The lowest BCUT2D eigenvalue weighted by molar-refractivity contribution is 0.103. The van der Waals surface area contributed by atoms with Gasteiger partial charge >= 0.3 is 12.1 Å². The third-order valence-corrected chi connectivity index (χ3v) is 3.27. The Labute approximate surface area is 109 Å². The Morgan fingerprint density at radius 1 is 1.00 bits per heavy atom. The van der Waals surface area contributed by atoms with E-state index in [-0.39, 0.29) is 12.1 Å². The number of piperazine rings is 1. The van der Waals surface area contributed by atoms with Crippen molar-refractivity contribution in [3.63, 3.8) is 0 Å². The quantitative estimate of drug-likeness (QED) is 0.695. The first-order valence-electron chi connectivity index (χ1n) is 6.32. The number of carbonyl (C=O) groups is 2.